The lowest BCUT2D eigenvalue weighted by atomic mass is 10.0. The fourth-order valence-corrected chi connectivity index (χ4v) is 3.63. The van der Waals surface area contributed by atoms with E-state index in [0.717, 1.165) is 62.2 Å². The number of nitrogens with zero attached hydrogens (tertiary/aromatic N) is 2. The molecule has 2 N–H and O–H groups in total. The summed E-state index contributed by atoms with van der Waals surface area (Å²) < 4.78 is 16.6. The van der Waals surface area contributed by atoms with E-state index in [1.54, 1.807) is 14.2 Å². The molecule has 2 unspecified atom stereocenters. The molecule has 0 amide bonds. The van der Waals surface area contributed by atoms with Gasteiger partial charge in [0.05, 0.1) is 20.3 Å². The number of nitrogens with one attached hydrogen (secondary N) is 2. The summed E-state index contributed by atoms with van der Waals surface area (Å²) in [5.41, 5.74) is 1.12. The lowest BCUT2D eigenvalue weighted by molar-refractivity contribution is 0.0258. The lowest BCUT2D eigenvalue weighted by Crippen LogP contribution is -2.45. The SMILES string of the molecule is CCOC(CCNC(=NC)NC1CCN(c2cc(OC)cc(OC)c2)C1)C(C)C. The molecule has 1 fully saturated rings. The number of guanidine groups is 1. The van der Waals surface area contributed by atoms with E-state index in [1.165, 1.54) is 0 Å². The van der Waals surface area contributed by atoms with Crippen molar-refractivity contribution in [3.8, 4) is 11.5 Å². The number of hydrogen-bond donors (Lipinski definition) is 2. The second kappa shape index (κ2) is 11.8. The Bertz CT molecular complexity index is 629. The zero-order valence-electron chi connectivity index (χ0n) is 18.8. The van der Waals surface area contributed by atoms with E-state index in [-0.39, 0.29) is 6.10 Å². The van der Waals surface area contributed by atoms with Crippen LogP contribution in [0.2, 0.25) is 0 Å². The van der Waals surface area contributed by atoms with Gasteiger partial charge >= 0.3 is 0 Å². The number of aliphatic imine (C=N–C) groups is 1. The van der Waals surface area contributed by atoms with Crippen LogP contribution in [0.15, 0.2) is 23.2 Å². The Labute approximate surface area is 175 Å². The van der Waals surface area contributed by atoms with Crippen molar-refractivity contribution in [1.82, 2.24) is 10.6 Å². The predicted molar refractivity (Wildman–Crippen MR) is 120 cm³/mol. The minimum atomic E-state index is 0.274. The Balaban J connectivity index is 1.86. The van der Waals surface area contributed by atoms with Gasteiger partial charge in [-0.3, -0.25) is 4.99 Å². The molecule has 0 aromatic heterocycles. The van der Waals surface area contributed by atoms with Crippen LogP contribution in [0.4, 0.5) is 5.69 Å². The van der Waals surface area contributed by atoms with Crippen molar-refractivity contribution in [1.29, 1.82) is 0 Å². The highest BCUT2D eigenvalue weighted by molar-refractivity contribution is 5.80. The summed E-state index contributed by atoms with van der Waals surface area (Å²) in [6.07, 6.45) is 2.29. The molecule has 1 aromatic rings. The minimum absolute atomic E-state index is 0.274. The molecule has 164 valence electrons. The summed E-state index contributed by atoms with van der Waals surface area (Å²) in [6, 6.07) is 6.34. The van der Waals surface area contributed by atoms with Gasteiger partial charge in [0.15, 0.2) is 5.96 Å². The average Bonchev–Trinajstić information content (AvgIpc) is 3.20. The quantitative estimate of drug-likeness (QED) is 0.460. The molecule has 1 aliphatic rings. The molecular formula is C22H38N4O3. The van der Waals surface area contributed by atoms with Crippen molar-refractivity contribution in [3.63, 3.8) is 0 Å². The highest BCUT2D eigenvalue weighted by Crippen LogP contribution is 2.30. The molecule has 2 atom stereocenters. The largest absolute Gasteiger partial charge is 0.497 e. The number of benzene rings is 1. The van der Waals surface area contributed by atoms with Gasteiger partial charge in [-0.05, 0) is 25.7 Å². The normalized spacial score (nSPS) is 18.1. The Morgan fingerprint density at radius 3 is 2.45 bits per heavy atom. The number of ether oxygens (including phenoxy) is 3. The maximum Gasteiger partial charge on any atom is 0.191 e. The first-order chi connectivity index (χ1) is 14.0. The van der Waals surface area contributed by atoms with Gasteiger partial charge in [-0.15, -0.1) is 0 Å². The van der Waals surface area contributed by atoms with E-state index in [9.17, 15) is 0 Å². The van der Waals surface area contributed by atoms with E-state index < -0.39 is 0 Å². The van der Waals surface area contributed by atoms with Crippen molar-refractivity contribution < 1.29 is 14.2 Å². The first-order valence-corrected chi connectivity index (χ1v) is 10.6. The van der Waals surface area contributed by atoms with Crippen LogP contribution in [0, 0.1) is 5.92 Å². The van der Waals surface area contributed by atoms with Gasteiger partial charge in [0.25, 0.3) is 0 Å². The van der Waals surface area contributed by atoms with Crippen molar-refractivity contribution in [2.24, 2.45) is 10.9 Å². The number of rotatable bonds is 10. The van der Waals surface area contributed by atoms with Crippen molar-refractivity contribution in [3.05, 3.63) is 18.2 Å². The number of hydrogen-bond acceptors (Lipinski definition) is 5. The van der Waals surface area contributed by atoms with Crippen molar-refractivity contribution in [2.45, 2.75) is 45.8 Å². The summed E-state index contributed by atoms with van der Waals surface area (Å²) in [4.78, 5) is 6.73. The van der Waals surface area contributed by atoms with E-state index in [1.807, 2.05) is 20.0 Å². The fourth-order valence-electron chi connectivity index (χ4n) is 3.63. The van der Waals surface area contributed by atoms with Gasteiger partial charge in [-0.2, -0.15) is 0 Å². The van der Waals surface area contributed by atoms with E-state index >= 15 is 0 Å². The molecule has 7 heteroatoms. The highest BCUT2D eigenvalue weighted by atomic mass is 16.5. The molecule has 29 heavy (non-hydrogen) atoms. The molecule has 0 bridgehead atoms. The van der Waals surface area contributed by atoms with Crippen molar-refractivity contribution >= 4 is 11.6 Å². The van der Waals surface area contributed by atoms with Gasteiger partial charge in [0, 0.05) is 63.2 Å². The van der Waals surface area contributed by atoms with E-state index in [4.69, 9.17) is 14.2 Å². The van der Waals surface area contributed by atoms with Gasteiger partial charge < -0.3 is 29.7 Å². The summed E-state index contributed by atoms with van der Waals surface area (Å²) >= 11 is 0. The molecule has 0 saturated carbocycles. The maximum atomic E-state index is 5.83. The second-order valence-corrected chi connectivity index (χ2v) is 7.67. The Morgan fingerprint density at radius 1 is 1.21 bits per heavy atom. The number of methoxy groups -OCH3 is 2. The molecule has 0 radical (unpaired) electrons. The number of anilines is 1. The molecule has 0 spiro atoms. The average molecular weight is 407 g/mol. The monoisotopic (exact) mass is 406 g/mol. The predicted octanol–water partition coefficient (Wildman–Crippen LogP) is 2.90. The van der Waals surface area contributed by atoms with Crippen LogP contribution in [-0.4, -0.2) is 65.6 Å². The molecule has 1 saturated heterocycles. The summed E-state index contributed by atoms with van der Waals surface area (Å²) in [5.74, 6) is 2.97. The van der Waals surface area contributed by atoms with Gasteiger partial charge in [0.1, 0.15) is 11.5 Å². The van der Waals surface area contributed by atoms with Gasteiger partial charge in [0.2, 0.25) is 0 Å². The zero-order chi connectivity index (χ0) is 21.2. The Kier molecular flexibility index (Phi) is 9.38. The third-order valence-corrected chi connectivity index (χ3v) is 5.30. The molecule has 2 rings (SSSR count). The third-order valence-electron chi connectivity index (χ3n) is 5.30. The molecular weight excluding hydrogens is 368 g/mol. The van der Waals surface area contributed by atoms with Crippen LogP contribution >= 0.6 is 0 Å². The smallest absolute Gasteiger partial charge is 0.191 e. The van der Waals surface area contributed by atoms with Crippen LogP contribution in [0.25, 0.3) is 0 Å². The molecule has 1 heterocycles. The fraction of sp³-hybridized carbons (Fsp3) is 0.682. The van der Waals surface area contributed by atoms with Crippen LogP contribution in [0.1, 0.15) is 33.6 Å². The maximum absolute atomic E-state index is 5.83. The summed E-state index contributed by atoms with van der Waals surface area (Å²) in [5, 5.41) is 6.98. The topological polar surface area (TPSA) is 67.4 Å². The molecule has 1 aromatic carbocycles. The summed E-state index contributed by atoms with van der Waals surface area (Å²) in [6.45, 7) is 9.93. The summed E-state index contributed by atoms with van der Waals surface area (Å²) in [7, 11) is 5.17. The minimum Gasteiger partial charge on any atom is -0.497 e. The van der Waals surface area contributed by atoms with Crippen molar-refractivity contribution in [2.75, 3.05) is 52.4 Å². The molecule has 7 nitrogen and oxygen atoms in total. The Morgan fingerprint density at radius 2 is 1.90 bits per heavy atom. The standard InChI is InChI=1S/C22H38N4O3/c1-7-29-21(16(2)3)8-10-24-22(23-4)25-17-9-11-26(15-17)18-12-19(27-5)14-20(13-18)28-6/h12-14,16-17,21H,7-11,15H2,1-6H3,(H2,23,24,25). The van der Waals surface area contributed by atoms with Crippen LogP contribution in [0.3, 0.4) is 0 Å². The molecule has 0 aliphatic carbocycles. The lowest BCUT2D eigenvalue weighted by Gasteiger charge is -2.23. The first kappa shape index (κ1) is 23.1. The van der Waals surface area contributed by atoms with Crippen LogP contribution in [-0.2, 0) is 4.74 Å². The third kappa shape index (κ3) is 6.99. The van der Waals surface area contributed by atoms with E-state index in [0.29, 0.717) is 12.0 Å². The van der Waals surface area contributed by atoms with E-state index in [2.05, 4.69) is 46.5 Å². The first-order valence-electron chi connectivity index (χ1n) is 10.6. The van der Waals surface area contributed by atoms with Gasteiger partial charge in [-0.25, -0.2) is 0 Å². The zero-order valence-corrected chi connectivity index (χ0v) is 18.8. The Hall–Kier alpha value is -2.15. The molecule has 1 aliphatic heterocycles. The van der Waals surface area contributed by atoms with Crippen LogP contribution in [0.5, 0.6) is 11.5 Å². The second-order valence-electron chi connectivity index (χ2n) is 7.67. The van der Waals surface area contributed by atoms with Gasteiger partial charge in [-0.1, -0.05) is 13.8 Å². The highest BCUT2D eigenvalue weighted by Gasteiger charge is 2.24. The van der Waals surface area contributed by atoms with Crippen LogP contribution < -0.4 is 25.0 Å².